The second kappa shape index (κ2) is 10.8. The highest BCUT2D eigenvalue weighted by Gasteiger charge is 2.36. The molecule has 2 rings (SSSR count). The van der Waals surface area contributed by atoms with E-state index in [-0.39, 0.29) is 30.4 Å². The molecule has 0 aliphatic carbocycles. The predicted molar refractivity (Wildman–Crippen MR) is 107 cm³/mol. The van der Waals surface area contributed by atoms with Crippen LogP contribution in [0.15, 0.2) is 28.7 Å². The fraction of sp³-hybridized carbons (Fsp3) is 0.500. The number of anilines is 1. The molecule has 1 N–H and O–H groups in total. The number of hydrogen-bond donors (Lipinski definition) is 1. The summed E-state index contributed by atoms with van der Waals surface area (Å²) in [5.41, 5.74) is 0.716. The average molecular weight is 417 g/mol. The topological polar surface area (TPSA) is 82.8 Å². The van der Waals surface area contributed by atoms with Crippen LogP contribution in [0.3, 0.4) is 0 Å². The quantitative estimate of drug-likeness (QED) is 0.395. The van der Waals surface area contributed by atoms with Gasteiger partial charge in [-0.25, -0.2) is 0 Å². The Bertz CT molecular complexity index is 756. The van der Waals surface area contributed by atoms with Gasteiger partial charge in [0.25, 0.3) is 0 Å². The second-order valence-electron chi connectivity index (χ2n) is 5.74. The maximum Gasteiger partial charge on any atom is 0.385 e. The number of rotatable bonds is 12. The molecule has 27 heavy (non-hydrogen) atoms. The number of hydrogen-bond acceptors (Lipinski definition) is 7. The molecule has 0 amide bonds. The Balaban J connectivity index is 2.46. The number of aromatic nitrogens is 1. The number of nitrogens with one attached hydrogen (secondary N) is 1. The molecule has 1 aromatic heterocycles. The number of ether oxygens (including phenoxy) is 1. The van der Waals surface area contributed by atoms with E-state index in [1.54, 1.807) is 19.2 Å². The van der Waals surface area contributed by atoms with Crippen molar-refractivity contribution in [1.82, 2.24) is 4.98 Å². The fourth-order valence-electron chi connectivity index (χ4n) is 2.21. The summed E-state index contributed by atoms with van der Waals surface area (Å²) in [7, 11) is -2.06. The summed E-state index contributed by atoms with van der Waals surface area (Å²) in [4.78, 5) is 4.43. The lowest BCUT2D eigenvalue weighted by Gasteiger charge is -2.17. The number of halogens is 1. The first kappa shape index (κ1) is 21.9. The van der Waals surface area contributed by atoms with Gasteiger partial charge in [-0.05, 0) is 25.0 Å². The van der Waals surface area contributed by atoms with E-state index in [2.05, 4.69) is 10.3 Å². The first-order valence-corrected chi connectivity index (χ1v) is 10.9. The summed E-state index contributed by atoms with van der Waals surface area (Å²) in [6.45, 7) is 5.32. The number of methoxy groups -OCH3 is 1. The van der Waals surface area contributed by atoms with E-state index < -0.39 is 7.60 Å². The highest BCUT2D eigenvalue weighted by molar-refractivity contribution is 7.62. The summed E-state index contributed by atoms with van der Waals surface area (Å²) in [6, 6.07) is 7.15. The molecule has 0 spiro atoms. The summed E-state index contributed by atoms with van der Waals surface area (Å²) < 4.78 is 35.5. The minimum absolute atomic E-state index is 0.121. The van der Waals surface area contributed by atoms with Gasteiger partial charge in [-0.1, -0.05) is 37.6 Å². The third-order valence-corrected chi connectivity index (χ3v) is 5.69. The van der Waals surface area contributed by atoms with Crippen molar-refractivity contribution in [1.29, 1.82) is 0 Å². The van der Waals surface area contributed by atoms with Gasteiger partial charge in [0.15, 0.2) is 0 Å². The van der Waals surface area contributed by atoms with Crippen LogP contribution >= 0.6 is 19.2 Å². The molecule has 0 saturated heterocycles. The fourth-order valence-corrected chi connectivity index (χ4v) is 4.18. The minimum atomic E-state index is -3.66. The smallest absolute Gasteiger partial charge is 0.385 e. The van der Waals surface area contributed by atoms with Crippen LogP contribution in [0.5, 0.6) is 0 Å². The van der Waals surface area contributed by atoms with Crippen LogP contribution in [0.1, 0.15) is 26.7 Å². The number of nitrogens with zero attached hydrogens (tertiary/aromatic N) is 1. The van der Waals surface area contributed by atoms with Crippen LogP contribution in [-0.4, -0.2) is 38.5 Å². The normalized spacial score (nSPS) is 11.7. The van der Waals surface area contributed by atoms with Gasteiger partial charge in [0.1, 0.15) is 0 Å². The SMILES string of the molecule is CCCOP(=O)(OCCC)c1nc(-c2ccccc2Cl)oc1NCCOC. The van der Waals surface area contributed by atoms with Gasteiger partial charge in [0, 0.05) is 13.7 Å². The molecule has 0 radical (unpaired) electrons. The minimum Gasteiger partial charge on any atom is -0.420 e. The number of oxazole rings is 1. The zero-order valence-electron chi connectivity index (χ0n) is 15.9. The van der Waals surface area contributed by atoms with E-state index in [0.717, 1.165) is 0 Å². The van der Waals surface area contributed by atoms with Crippen LogP contribution in [0.25, 0.3) is 11.5 Å². The maximum absolute atomic E-state index is 13.4. The van der Waals surface area contributed by atoms with Crippen LogP contribution in [0.4, 0.5) is 5.88 Å². The molecule has 0 aliphatic rings. The van der Waals surface area contributed by atoms with Gasteiger partial charge >= 0.3 is 7.60 Å². The lowest BCUT2D eigenvalue weighted by atomic mass is 10.2. The van der Waals surface area contributed by atoms with Crippen molar-refractivity contribution in [3.8, 4) is 11.5 Å². The molecular formula is C18H26ClN2O5P. The Morgan fingerprint density at radius 1 is 1.15 bits per heavy atom. The third-order valence-electron chi connectivity index (χ3n) is 3.50. The summed E-state index contributed by atoms with van der Waals surface area (Å²) in [5.74, 6) is 0.480. The third kappa shape index (κ3) is 5.80. The monoisotopic (exact) mass is 416 g/mol. The van der Waals surface area contributed by atoms with Gasteiger partial charge in [-0.15, -0.1) is 0 Å². The highest BCUT2D eigenvalue weighted by atomic mass is 35.5. The molecule has 1 heterocycles. The summed E-state index contributed by atoms with van der Waals surface area (Å²) >= 11 is 6.26. The molecule has 7 nitrogen and oxygen atoms in total. The van der Waals surface area contributed by atoms with Crippen molar-refractivity contribution < 1.29 is 22.8 Å². The largest absolute Gasteiger partial charge is 0.420 e. The van der Waals surface area contributed by atoms with Gasteiger partial charge in [-0.2, -0.15) is 4.98 Å². The molecule has 0 unspecified atom stereocenters. The van der Waals surface area contributed by atoms with Crippen molar-refractivity contribution in [3.63, 3.8) is 0 Å². The van der Waals surface area contributed by atoms with Crippen molar-refractivity contribution in [3.05, 3.63) is 29.3 Å². The standard InChI is InChI=1S/C18H26ClN2O5P/c1-4-11-24-27(22,25-12-5-2)18-17(20-10-13-23-3)26-16(21-18)14-8-6-7-9-15(14)19/h6-9,20H,4-5,10-13H2,1-3H3. The molecule has 0 bridgehead atoms. The molecule has 0 atom stereocenters. The first-order valence-electron chi connectivity index (χ1n) is 8.94. The van der Waals surface area contributed by atoms with Crippen LogP contribution in [-0.2, 0) is 18.3 Å². The van der Waals surface area contributed by atoms with Crippen LogP contribution < -0.4 is 10.8 Å². The van der Waals surface area contributed by atoms with E-state index in [9.17, 15) is 4.57 Å². The lowest BCUT2D eigenvalue weighted by Crippen LogP contribution is -2.19. The molecule has 9 heteroatoms. The second-order valence-corrected chi connectivity index (χ2v) is 8.08. The van der Waals surface area contributed by atoms with Gasteiger partial charge in [-0.3, -0.25) is 4.57 Å². The Labute approximate surface area is 164 Å². The lowest BCUT2D eigenvalue weighted by molar-refractivity contribution is 0.209. The molecule has 0 aliphatic heterocycles. The zero-order valence-corrected chi connectivity index (χ0v) is 17.5. The Morgan fingerprint density at radius 2 is 1.81 bits per heavy atom. The maximum atomic E-state index is 13.4. The molecule has 0 saturated carbocycles. The van der Waals surface area contributed by atoms with Crippen molar-refractivity contribution in [2.75, 3.05) is 38.8 Å². The highest BCUT2D eigenvalue weighted by Crippen LogP contribution is 2.49. The van der Waals surface area contributed by atoms with Gasteiger partial charge < -0.3 is 23.5 Å². The molecule has 2 aromatic rings. The van der Waals surface area contributed by atoms with E-state index >= 15 is 0 Å². The van der Waals surface area contributed by atoms with E-state index in [1.165, 1.54) is 0 Å². The molecule has 150 valence electrons. The van der Waals surface area contributed by atoms with E-state index in [1.807, 2.05) is 26.0 Å². The summed E-state index contributed by atoms with van der Waals surface area (Å²) in [5, 5.41) is 3.53. The van der Waals surface area contributed by atoms with Gasteiger partial charge in [0.2, 0.25) is 17.2 Å². The Kier molecular flexibility index (Phi) is 8.80. The molecule has 1 aromatic carbocycles. The van der Waals surface area contributed by atoms with Gasteiger partial charge in [0.05, 0.1) is 30.4 Å². The van der Waals surface area contributed by atoms with Crippen LogP contribution in [0, 0.1) is 0 Å². The average Bonchev–Trinajstić information content (AvgIpc) is 3.10. The van der Waals surface area contributed by atoms with Crippen molar-refractivity contribution in [2.24, 2.45) is 0 Å². The summed E-state index contributed by atoms with van der Waals surface area (Å²) in [6.07, 6.45) is 1.39. The van der Waals surface area contributed by atoms with Crippen molar-refractivity contribution >= 4 is 30.5 Å². The molecule has 0 fully saturated rings. The molecular weight excluding hydrogens is 391 g/mol. The van der Waals surface area contributed by atoms with E-state index in [0.29, 0.717) is 36.6 Å². The van der Waals surface area contributed by atoms with Crippen LogP contribution in [0.2, 0.25) is 5.02 Å². The van der Waals surface area contributed by atoms with Crippen molar-refractivity contribution in [2.45, 2.75) is 26.7 Å². The Hall–Kier alpha value is -1.37. The van der Waals surface area contributed by atoms with E-state index in [4.69, 9.17) is 29.8 Å². The first-order chi connectivity index (χ1) is 13.1. The Morgan fingerprint density at radius 3 is 2.41 bits per heavy atom. The zero-order chi connectivity index (χ0) is 19.7. The number of benzene rings is 1. The predicted octanol–water partition coefficient (Wildman–Crippen LogP) is 4.72.